The topological polar surface area (TPSA) is 348 Å². The number of carbonyl (C=O) groups is 1. The van der Waals surface area contributed by atoms with Gasteiger partial charge in [0.1, 0.15) is 74.9 Å². The highest BCUT2D eigenvalue weighted by molar-refractivity contribution is 6.05. The van der Waals surface area contributed by atoms with Crippen LogP contribution in [0.3, 0.4) is 0 Å². The van der Waals surface area contributed by atoms with Crippen molar-refractivity contribution < 1.29 is 66.5 Å². The third kappa shape index (κ3) is 21.2. The lowest BCUT2D eigenvalue weighted by molar-refractivity contribution is -0.387. The molecule has 13 N–H and O–H groups in total. The lowest BCUT2D eigenvalue weighted by atomic mass is 10.2. The predicted octanol–water partition coefficient (Wildman–Crippen LogP) is 16.7. The molecule has 0 radical (unpaired) electrons. The monoisotopic (exact) mass is 1360 g/mol. The number of imidazole rings is 1. The zero-order valence-corrected chi connectivity index (χ0v) is 51.7. The summed E-state index contributed by atoms with van der Waals surface area (Å²) >= 11 is 0. The summed E-state index contributed by atoms with van der Waals surface area (Å²) in [6.07, 6.45) is 3.20. The fraction of sp³-hybridized carbons (Fsp3) is 0. The van der Waals surface area contributed by atoms with E-state index >= 15 is 0 Å². The summed E-state index contributed by atoms with van der Waals surface area (Å²) in [4.78, 5) is 44.2. The molecular formula is C72H56F6N12O10. The molecule has 22 nitrogen and oxygen atoms in total. The minimum Gasteiger partial charge on any atom is -0.508 e. The van der Waals surface area contributed by atoms with Crippen LogP contribution >= 0.6 is 0 Å². The van der Waals surface area contributed by atoms with Gasteiger partial charge in [0, 0.05) is 46.9 Å². The molecule has 0 saturated heterocycles. The second kappa shape index (κ2) is 34.3. The molecular weight excluding hydrogens is 1310 g/mol. The van der Waals surface area contributed by atoms with Crippen LogP contribution in [0.2, 0.25) is 0 Å². The Kier molecular flexibility index (Phi) is 24.6. The fourth-order valence-corrected chi connectivity index (χ4v) is 8.61. The minimum atomic E-state index is -1.03. The lowest BCUT2D eigenvalue weighted by Crippen LogP contribution is -2.14. The first kappa shape index (κ1) is 71.7. The second-order valence-corrected chi connectivity index (χ2v) is 20.6. The van der Waals surface area contributed by atoms with Gasteiger partial charge in [0.05, 0.1) is 55.8 Å². The van der Waals surface area contributed by atoms with Crippen molar-refractivity contribution in [2.75, 3.05) is 32.7 Å². The quantitative estimate of drug-likeness (QED) is 0.0178. The van der Waals surface area contributed by atoms with Crippen molar-refractivity contribution in [3.05, 3.63) is 322 Å². The number of nitro benzene ring substituents is 2. The average Bonchev–Trinajstić information content (AvgIpc) is 1.62. The summed E-state index contributed by atoms with van der Waals surface area (Å²) in [6.45, 7) is 0. The Balaban J connectivity index is 0.000000157. The number of anilines is 9. The van der Waals surface area contributed by atoms with Crippen LogP contribution in [0, 0.1) is 55.1 Å². The van der Waals surface area contributed by atoms with E-state index in [4.69, 9.17) is 26.8 Å². The number of pyridine rings is 2. The number of carbonyl (C=O) groups excluding carboxylic acids is 1. The number of nitrogens with zero attached hydrogens (tertiary/aromatic N) is 6. The Morgan fingerprint density at radius 1 is 0.430 bits per heavy atom. The number of rotatable bonds is 12. The molecule has 10 aromatic carbocycles. The molecule has 0 spiro atoms. The Hall–Kier alpha value is -14.2. The number of aromatic hydroxyl groups is 5. The Bertz CT molecular complexity index is 4880. The van der Waals surface area contributed by atoms with Gasteiger partial charge in [0.25, 0.3) is 11.6 Å². The summed E-state index contributed by atoms with van der Waals surface area (Å²) < 4.78 is 79.4. The molecule has 3 heterocycles. The molecule has 0 aliphatic carbocycles. The van der Waals surface area contributed by atoms with Gasteiger partial charge in [-0.05, 0) is 218 Å². The highest BCUT2D eigenvalue weighted by atomic mass is 19.1. The summed E-state index contributed by atoms with van der Waals surface area (Å²) in [5.41, 5.74) is 17.5. The highest BCUT2D eigenvalue weighted by Gasteiger charge is 2.18. The number of benzene rings is 10. The Labute approximate surface area is 564 Å². The van der Waals surface area contributed by atoms with Crippen molar-refractivity contribution in [2.24, 2.45) is 0 Å². The van der Waals surface area contributed by atoms with Crippen LogP contribution in [0.4, 0.5) is 88.9 Å². The number of fused-ring (bicyclic) bond motifs is 1. The fourth-order valence-electron chi connectivity index (χ4n) is 8.61. The number of aromatic nitrogens is 4. The zero-order valence-electron chi connectivity index (χ0n) is 51.7. The summed E-state index contributed by atoms with van der Waals surface area (Å²) in [5, 5.41) is 78.0. The third-order valence-corrected chi connectivity index (χ3v) is 13.4. The molecule has 0 fully saturated rings. The van der Waals surface area contributed by atoms with Gasteiger partial charge < -0.3 is 58.3 Å². The summed E-state index contributed by atoms with van der Waals surface area (Å²) in [6, 6.07) is 60.7. The number of nitrogens with one attached hydrogen (secondary N) is 4. The van der Waals surface area contributed by atoms with Crippen molar-refractivity contribution in [3.63, 3.8) is 0 Å². The molecule has 0 unspecified atom stereocenters. The molecule has 3 aromatic heterocycles. The van der Waals surface area contributed by atoms with Crippen LogP contribution in [0.1, 0.15) is 10.5 Å². The Morgan fingerprint density at radius 2 is 0.860 bits per heavy atom. The molecule has 0 aliphatic rings. The van der Waals surface area contributed by atoms with Crippen LogP contribution in [0.5, 0.6) is 28.7 Å². The van der Waals surface area contributed by atoms with Gasteiger partial charge in [0.15, 0.2) is 5.82 Å². The van der Waals surface area contributed by atoms with E-state index in [-0.39, 0.29) is 57.5 Å². The van der Waals surface area contributed by atoms with E-state index < -0.39 is 44.7 Å². The van der Waals surface area contributed by atoms with Crippen LogP contribution in [-0.4, -0.2) is 60.8 Å². The minimum absolute atomic E-state index is 0.0918. The maximum absolute atomic E-state index is 13.6. The van der Waals surface area contributed by atoms with E-state index in [2.05, 4.69) is 36.2 Å². The average molecular weight is 1360 g/mol. The van der Waals surface area contributed by atoms with Gasteiger partial charge in [-0.2, -0.15) is 4.39 Å². The van der Waals surface area contributed by atoms with E-state index in [1.807, 2.05) is 22.8 Å². The second-order valence-electron chi connectivity index (χ2n) is 20.6. The zero-order chi connectivity index (χ0) is 71.8. The molecule has 13 aromatic rings. The van der Waals surface area contributed by atoms with E-state index in [1.54, 1.807) is 134 Å². The Morgan fingerprint density at radius 3 is 1.35 bits per heavy atom. The van der Waals surface area contributed by atoms with Crippen LogP contribution in [0.15, 0.2) is 261 Å². The number of amides is 1. The lowest BCUT2D eigenvalue weighted by Gasteiger charge is -2.13. The van der Waals surface area contributed by atoms with Crippen LogP contribution < -0.4 is 32.7 Å². The van der Waals surface area contributed by atoms with Gasteiger partial charge in [-0.3, -0.25) is 39.6 Å². The van der Waals surface area contributed by atoms with Gasteiger partial charge in [0.2, 0.25) is 5.82 Å². The largest absolute Gasteiger partial charge is 0.508 e. The summed E-state index contributed by atoms with van der Waals surface area (Å²) in [7, 11) is 0. The molecule has 0 bridgehead atoms. The van der Waals surface area contributed by atoms with Crippen LogP contribution in [-0.2, 0) is 0 Å². The van der Waals surface area contributed by atoms with Gasteiger partial charge in [-0.25, -0.2) is 26.9 Å². The van der Waals surface area contributed by atoms with E-state index in [0.717, 1.165) is 35.1 Å². The van der Waals surface area contributed by atoms with Crippen molar-refractivity contribution in [3.8, 4) is 46.0 Å². The van der Waals surface area contributed by atoms with Gasteiger partial charge in [-0.15, -0.1) is 0 Å². The molecule has 0 saturated carbocycles. The molecule has 100 heavy (non-hydrogen) atoms. The maximum atomic E-state index is 13.6. The first-order valence-corrected chi connectivity index (χ1v) is 29.2. The molecule has 1 amide bonds. The molecule has 28 heteroatoms. The van der Waals surface area contributed by atoms with Crippen molar-refractivity contribution in [2.45, 2.75) is 0 Å². The van der Waals surface area contributed by atoms with Crippen LogP contribution in [0.25, 0.3) is 28.2 Å². The number of nitrogens with two attached hydrogens (primary N) is 2. The van der Waals surface area contributed by atoms with E-state index in [9.17, 15) is 61.6 Å². The normalized spacial score (nSPS) is 10.2. The number of phenols is 5. The summed E-state index contributed by atoms with van der Waals surface area (Å²) in [5.74, 6) is -2.64. The molecule has 0 atom stereocenters. The highest BCUT2D eigenvalue weighted by Crippen LogP contribution is 2.33. The molecule has 13 rings (SSSR count). The van der Waals surface area contributed by atoms with Crippen molar-refractivity contribution in [1.29, 1.82) is 0 Å². The first-order valence-electron chi connectivity index (χ1n) is 29.2. The maximum Gasteiger partial charge on any atom is 0.307 e. The molecule has 0 aliphatic heterocycles. The van der Waals surface area contributed by atoms with Gasteiger partial charge >= 0.3 is 5.69 Å². The molecule has 506 valence electrons. The number of nitrogen functional groups attached to an aromatic ring is 2. The SMILES string of the molecule is Nc1cc(F)ccc1Nc1ccc(O)cc1.Nc1ccc(O)cc1.O=C(Nc1cc(F)ccc1Nc1ccc(O)cc1)c1ccccn1.O=[N+]([O-])c1cc(F)ccc1F.O=[N+]([O-])c1cc(F)ccc1Nc1ccc(O)cc1.Oc1ccc(-n2c(-c3ccccn3)nc3cc(F)ccc32)cc1. The number of halogens is 6. The number of hydrogen-bond acceptors (Lipinski definition) is 18. The number of hydrogen-bond donors (Lipinski definition) is 11. The predicted molar refractivity (Wildman–Crippen MR) is 368 cm³/mol. The van der Waals surface area contributed by atoms with Crippen molar-refractivity contribution in [1.82, 2.24) is 19.5 Å². The number of phenolic OH excluding ortho intramolecular Hbond substituents is 5. The van der Waals surface area contributed by atoms with E-state index in [0.29, 0.717) is 69.0 Å². The third-order valence-electron chi connectivity index (χ3n) is 13.4. The standard InChI is InChI=1S/C18H14FN3O2.C18H12FN3O.C12H9FN2O3.C12H11FN2O.C6H3F2NO2.C6H7NO/c19-12-4-9-15(21-13-5-7-14(23)8-6-13)17(11-12)22-18(24)16-3-1-2-10-20-16;19-12-4-9-17-16(11-12)21-18(15-3-1-2-10-20-15)22(17)13-5-7-14(23)8-6-13;13-8-1-6-11(12(7-8)15(17)18)14-9-2-4-10(16)5-3-9;13-8-1-6-12(11(14)7-8)15-9-2-4-10(16)5-3-9;7-4-1-2-5(8)6(3-4)9(10)11;7-5-1-3-6(8)4-2-5/h1-11,21,23H,(H,22,24);1-11,23H;1-7,14,16H;1-7,15-16H,14H2;1-3H;1-4,8H,7H2. The van der Waals surface area contributed by atoms with E-state index in [1.165, 1.54) is 79.0 Å². The van der Waals surface area contributed by atoms with Gasteiger partial charge in [-0.1, -0.05) is 12.1 Å². The van der Waals surface area contributed by atoms with Crippen molar-refractivity contribution >= 4 is 79.5 Å². The first-order chi connectivity index (χ1) is 47.9. The number of nitro groups is 2. The smallest absolute Gasteiger partial charge is 0.307 e.